The minimum Gasteiger partial charge on any atom is -0.323 e. The number of thiazole rings is 1. The number of nitrogens with two attached hydrogens (primary N) is 1. The van der Waals surface area contributed by atoms with Crippen LogP contribution < -0.4 is 5.73 Å². The Labute approximate surface area is 117 Å². The average molecular weight is 307 g/mol. The number of halogens is 4. The smallest absolute Gasteiger partial charge is 0.323 e. The second-order valence-corrected chi connectivity index (χ2v) is 5.44. The number of hydrogen-bond donors (Lipinski definition) is 1. The van der Waals surface area contributed by atoms with Crippen molar-refractivity contribution in [2.45, 2.75) is 18.6 Å². The van der Waals surface area contributed by atoms with E-state index in [0.29, 0.717) is 27.7 Å². The monoisotopic (exact) mass is 306 g/mol. The number of nitrogens with zero attached hydrogens (tertiary/aromatic N) is 1. The Bertz CT molecular complexity index is 568. The van der Waals surface area contributed by atoms with E-state index in [9.17, 15) is 13.2 Å². The molecule has 0 spiro atoms. The highest BCUT2D eigenvalue weighted by Gasteiger charge is 2.35. The maximum Gasteiger partial charge on any atom is 0.443 e. The molecule has 0 aliphatic carbocycles. The molecule has 0 aliphatic rings. The van der Waals surface area contributed by atoms with Gasteiger partial charge in [0.2, 0.25) is 0 Å². The molecule has 0 radical (unpaired) electrons. The summed E-state index contributed by atoms with van der Waals surface area (Å²) in [6, 6.07) is 6.56. The van der Waals surface area contributed by atoms with E-state index in [0.717, 1.165) is 5.56 Å². The number of alkyl halides is 3. The van der Waals surface area contributed by atoms with Gasteiger partial charge in [0.1, 0.15) is 0 Å². The van der Waals surface area contributed by atoms with Crippen LogP contribution in [0.15, 0.2) is 30.5 Å². The van der Waals surface area contributed by atoms with Crippen molar-refractivity contribution in [1.29, 1.82) is 0 Å². The van der Waals surface area contributed by atoms with E-state index in [-0.39, 0.29) is 0 Å². The lowest BCUT2D eigenvalue weighted by Gasteiger charge is -2.10. The van der Waals surface area contributed by atoms with Crippen LogP contribution in [0.3, 0.4) is 0 Å². The van der Waals surface area contributed by atoms with Gasteiger partial charge >= 0.3 is 6.18 Å². The Kier molecular flexibility index (Phi) is 4.13. The van der Waals surface area contributed by atoms with Crippen molar-refractivity contribution in [2.75, 3.05) is 0 Å². The normalized spacial score (nSPS) is 13.5. The molecule has 102 valence electrons. The minimum atomic E-state index is -4.42. The zero-order chi connectivity index (χ0) is 14.0. The SMILES string of the molecule is NC(Cc1ccccc1Cl)c1cnc(C(F)(F)F)s1. The van der Waals surface area contributed by atoms with Crippen LogP contribution in [-0.2, 0) is 12.6 Å². The average Bonchev–Trinajstić information content (AvgIpc) is 2.81. The Morgan fingerprint density at radius 2 is 2.00 bits per heavy atom. The summed E-state index contributed by atoms with van der Waals surface area (Å²) in [5, 5.41) is -0.324. The van der Waals surface area contributed by atoms with Crippen LogP contribution in [0.4, 0.5) is 13.2 Å². The van der Waals surface area contributed by atoms with Crippen molar-refractivity contribution in [2.24, 2.45) is 5.73 Å². The van der Waals surface area contributed by atoms with E-state index >= 15 is 0 Å². The summed E-state index contributed by atoms with van der Waals surface area (Å²) in [5.74, 6) is 0. The third-order valence-corrected chi connectivity index (χ3v) is 4.07. The topological polar surface area (TPSA) is 38.9 Å². The first-order valence-corrected chi connectivity index (χ1v) is 6.59. The minimum absolute atomic E-state index is 0.374. The largest absolute Gasteiger partial charge is 0.443 e. The zero-order valence-corrected chi connectivity index (χ0v) is 11.2. The molecular weight excluding hydrogens is 297 g/mol. The van der Waals surface area contributed by atoms with Gasteiger partial charge in [0.25, 0.3) is 0 Å². The summed E-state index contributed by atoms with van der Waals surface area (Å²) in [7, 11) is 0. The highest BCUT2D eigenvalue weighted by Crippen LogP contribution is 2.34. The van der Waals surface area contributed by atoms with E-state index in [1.165, 1.54) is 6.20 Å². The Morgan fingerprint density at radius 1 is 1.32 bits per heavy atom. The molecule has 2 nitrogen and oxygen atoms in total. The standard InChI is InChI=1S/C12H10ClF3N2S/c13-8-4-2-1-3-7(8)5-9(17)10-6-18-11(19-10)12(14,15)16/h1-4,6,9H,5,17H2. The van der Waals surface area contributed by atoms with Crippen LogP contribution in [0, 0.1) is 0 Å². The molecule has 2 aromatic rings. The van der Waals surface area contributed by atoms with Gasteiger partial charge < -0.3 is 5.73 Å². The van der Waals surface area contributed by atoms with Crippen molar-refractivity contribution >= 4 is 22.9 Å². The van der Waals surface area contributed by atoms with Gasteiger partial charge in [0.15, 0.2) is 5.01 Å². The summed E-state index contributed by atoms with van der Waals surface area (Å²) >= 11 is 6.55. The Balaban J connectivity index is 2.15. The summed E-state index contributed by atoms with van der Waals surface area (Å²) in [4.78, 5) is 3.75. The molecule has 1 heterocycles. The molecule has 0 bridgehead atoms. The molecule has 2 N–H and O–H groups in total. The van der Waals surface area contributed by atoms with Crippen molar-refractivity contribution in [3.8, 4) is 0 Å². The maximum atomic E-state index is 12.4. The van der Waals surface area contributed by atoms with Crippen molar-refractivity contribution in [3.63, 3.8) is 0 Å². The molecular formula is C12H10ClF3N2S. The van der Waals surface area contributed by atoms with Crippen LogP contribution in [0.5, 0.6) is 0 Å². The summed E-state index contributed by atoms with van der Waals surface area (Å²) in [6.45, 7) is 0. The van der Waals surface area contributed by atoms with E-state index in [2.05, 4.69) is 4.98 Å². The lowest BCUT2D eigenvalue weighted by atomic mass is 10.1. The van der Waals surface area contributed by atoms with Crippen LogP contribution in [0.2, 0.25) is 5.02 Å². The van der Waals surface area contributed by atoms with Crippen LogP contribution >= 0.6 is 22.9 Å². The first-order chi connectivity index (χ1) is 8.88. The summed E-state index contributed by atoms with van der Waals surface area (Å²) < 4.78 is 37.3. The van der Waals surface area contributed by atoms with E-state index in [1.807, 2.05) is 6.07 Å². The first-order valence-electron chi connectivity index (χ1n) is 5.40. The van der Waals surface area contributed by atoms with Gasteiger partial charge in [-0.05, 0) is 18.1 Å². The number of aromatic nitrogens is 1. The quantitative estimate of drug-likeness (QED) is 0.929. The lowest BCUT2D eigenvalue weighted by molar-refractivity contribution is -0.137. The van der Waals surface area contributed by atoms with E-state index in [4.69, 9.17) is 17.3 Å². The van der Waals surface area contributed by atoms with Crippen molar-refractivity contribution in [1.82, 2.24) is 4.98 Å². The second-order valence-electron chi connectivity index (χ2n) is 3.97. The fraction of sp³-hybridized carbons (Fsp3) is 0.250. The fourth-order valence-electron chi connectivity index (χ4n) is 1.59. The van der Waals surface area contributed by atoms with Crippen molar-refractivity contribution in [3.05, 3.63) is 50.9 Å². The highest BCUT2D eigenvalue weighted by molar-refractivity contribution is 7.11. The summed E-state index contributed by atoms with van der Waals surface area (Å²) in [5.41, 5.74) is 6.70. The molecule has 1 aromatic heterocycles. The third-order valence-electron chi connectivity index (χ3n) is 2.53. The van der Waals surface area contributed by atoms with Gasteiger partial charge in [0, 0.05) is 22.1 Å². The predicted octanol–water partition coefficient (Wildman–Crippen LogP) is 4.06. The Morgan fingerprint density at radius 3 is 2.58 bits per heavy atom. The molecule has 2 rings (SSSR count). The van der Waals surface area contributed by atoms with Gasteiger partial charge in [-0.25, -0.2) is 4.98 Å². The van der Waals surface area contributed by atoms with Crippen LogP contribution in [-0.4, -0.2) is 4.98 Å². The number of rotatable bonds is 3. The van der Waals surface area contributed by atoms with Crippen LogP contribution in [0.1, 0.15) is 21.5 Å². The second kappa shape index (κ2) is 5.48. The molecule has 0 amide bonds. The molecule has 1 unspecified atom stereocenters. The van der Waals surface area contributed by atoms with E-state index in [1.54, 1.807) is 18.2 Å². The molecule has 1 aromatic carbocycles. The maximum absolute atomic E-state index is 12.4. The molecule has 0 saturated heterocycles. The van der Waals surface area contributed by atoms with Gasteiger partial charge in [-0.15, -0.1) is 11.3 Å². The van der Waals surface area contributed by atoms with Gasteiger partial charge in [0.05, 0.1) is 0 Å². The van der Waals surface area contributed by atoms with E-state index < -0.39 is 17.2 Å². The number of hydrogen-bond acceptors (Lipinski definition) is 3. The third kappa shape index (κ3) is 3.46. The molecule has 7 heteroatoms. The molecule has 19 heavy (non-hydrogen) atoms. The van der Waals surface area contributed by atoms with Gasteiger partial charge in [-0.3, -0.25) is 0 Å². The predicted molar refractivity (Wildman–Crippen MR) is 69.2 cm³/mol. The first kappa shape index (κ1) is 14.3. The molecule has 0 saturated carbocycles. The lowest BCUT2D eigenvalue weighted by Crippen LogP contribution is -2.12. The van der Waals surface area contributed by atoms with Crippen LogP contribution in [0.25, 0.3) is 0 Å². The highest BCUT2D eigenvalue weighted by atomic mass is 35.5. The fourth-order valence-corrected chi connectivity index (χ4v) is 2.59. The molecule has 0 aliphatic heterocycles. The van der Waals surface area contributed by atoms with Gasteiger partial charge in [-0.2, -0.15) is 13.2 Å². The number of benzene rings is 1. The molecule has 0 fully saturated rings. The Hall–Kier alpha value is -1.11. The van der Waals surface area contributed by atoms with Gasteiger partial charge in [-0.1, -0.05) is 29.8 Å². The molecule has 1 atom stereocenters. The zero-order valence-electron chi connectivity index (χ0n) is 9.62. The summed E-state index contributed by atoms with van der Waals surface area (Å²) in [6.07, 6.45) is -2.87. The van der Waals surface area contributed by atoms with Crippen molar-refractivity contribution < 1.29 is 13.2 Å².